The Balaban J connectivity index is 2.84. The maximum Gasteiger partial charge on any atom is 0.347 e. The molecule has 1 aromatic heterocycles. The van der Waals surface area contributed by atoms with Gasteiger partial charge in [-0.1, -0.05) is 6.92 Å². The predicted molar refractivity (Wildman–Crippen MR) is 46.3 cm³/mol. The number of carboxylic acids is 1. The molecule has 0 saturated carbocycles. The highest BCUT2D eigenvalue weighted by Gasteiger charge is 2.12. The van der Waals surface area contributed by atoms with E-state index in [0.29, 0.717) is 5.01 Å². The monoisotopic (exact) mass is 186 g/mol. The molecule has 0 radical (unpaired) electrons. The highest BCUT2D eigenvalue weighted by atomic mass is 32.1. The quantitative estimate of drug-likeness (QED) is 0.744. The van der Waals surface area contributed by atoms with Crippen molar-refractivity contribution in [2.24, 2.45) is 5.73 Å². The van der Waals surface area contributed by atoms with E-state index in [2.05, 4.69) is 4.98 Å². The summed E-state index contributed by atoms with van der Waals surface area (Å²) in [5.74, 6) is -0.943. The number of nitrogens with zero attached hydrogens (tertiary/aromatic N) is 1. The maximum absolute atomic E-state index is 10.5. The number of hydrogen-bond donors (Lipinski definition) is 2. The molecule has 0 aliphatic heterocycles. The second-order valence-corrected chi connectivity index (χ2v) is 3.44. The number of hydrogen-bond acceptors (Lipinski definition) is 4. The topological polar surface area (TPSA) is 76.2 Å². The molecule has 0 amide bonds. The van der Waals surface area contributed by atoms with Crippen LogP contribution < -0.4 is 5.73 Å². The predicted octanol–water partition coefficient (Wildman–Crippen LogP) is 1.25. The van der Waals surface area contributed by atoms with E-state index in [-0.39, 0.29) is 10.9 Å². The number of carbonyl (C=O) groups is 1. The summed E-state index contributed by atoms with van der Waals surface area (Å²) in [4.78, 5) is 14.6. The lowest BCUT2D eigenvalue weighted by atomic mass is 10.3. The lowest BCUT2D eigenvalue weighted by Gasteiger charge is -2.01. The summed E-state index contributed by atoms with van der Waals surface area (Å²) >= 11 is 1.14. The van der Waals surface area contributed by atoms with Crippen LogP contribution in [0.4, 0.5) is 0 Å². The summed E-state index contributed by atoms with van der Waals surface area (Å²) in [6, 6.07) is -0.136. The van der Waals surface area contributed by atoms with Crippen molar-refractivity contribution < 1.29 is 9.90 Å². The van der Waals surface area contributed by atoms with Crippen molar-refractivity contribution in [2.45, 2.75) is 19.4 Å². The largest absolute Gasteiger partial charge is 0.477 e. The number of aromatic carboxylic acids is 1. The van der Waals surface area contributed by atoms with Crippen LogP contribution in [0.5, 0.6) is 0 Å². The molecule has 4 nitrogen and oxygen atoms in total. The average molecular weight is 186 g/mol. The van der Waals surface area contributed by atoms with Gasteiger partial charge in [0.15, 0.2) is 0 Å². The van der Waals surface area contributed by atoms with Crippen LogP contribution in [0.3, 0.4) is 0 Å². The first kappa shape index (κ1) is 9.15. The zero-order chi connectivity index (χ0) is 9.14. The van der Waals surface area contributed by atoms with Crippen LogP contribution >= 0.6 is 11.3 Å². The molecular weight excluding hydrogens is 176 g/mol. The van der Waals surface area contributed by atoms with E-state index in [1.165, 1.54) is 6.20 Å². The van der Waals surface area contributed by atoms with Crippen LogP contribution in [0.1, 0.15) is 34.1 Å². The van der Waals surface area contributed by atoms with Crippen molar-refractivity contribution in [3.63, 3.8) is 0 Å². The summed E-state index contributed by atoms with van der Waals surface area (Å²) in [6.45, 7) is 1.94. The fourth-order valence-corrected chi connectivity index (χ4v) is 1.57. The third kappa shape index (κ3) is 1.80. The molecule has 12 heavy (non-hydrogen) atoms. The zero-order valence-electron chi connectivity index (χ0n) is 6.65. The van der Waals surface area contributed by atoms with Gasteiger partial charge < -0.3 is 10.8 Å². The normalized spacial score (nSPS) is 12.8. The molecule has 3 N–H and O–H groups in total. The first-order valence-electron chi connectivity index (χ1n) is 3.59. The van der Waals surface area contributed by atoms with Gasteiger partial charge in [0.2, 0.25) is 0 Å². The van der Waals surface area contributed by atoms with Crippen LogP contribution in [0.15, 0.2) is 6.20 Å². The van der Waals surface area contributed by atoms with Gasteiger partial charge in [0.25, 0.3) is 0 Å². The van der Waals surface area contributed by atoms with Crippen LogP contribution in [0, 0.1) is 0 Å². The fourth-order valence-electron chi connectivity index (χ4n) is 0.733. The SMILES string of the molecule is CCC(N)c1ncc(C(=O)O)s1. The molecule has 0 spiro atoms. The molecule has 66 valence electrons. The van der Waals surface area contributed by atoms with E-state index in [4.69, 9.17) is 10.8 Å². The molecule has 5 heteroatoms. The Labute approximate surface area is 74.0 Å². The average Bonchev–Trinajstić information content (AvgIpc) is 2.51. The first-order valence-corrected chi connectivity index (χ1v) is 4.41. The standard InChI is InChI=1S/C7H10N2O2S/c1-2-4(8)6-9-3-5(12-6)7(10)11/h3-4H,2,8H2,1H3,(H,10,11). The third-order valence-electron chi connectivity index (χ3n) is 1.49. The van der Waals surface area contributed by atoms with Gasteiger partial charge >= 0.3 is 5.97 Å². The van der Waals surface area contributed by atoms with E-state index < -0.39 is 5.97 Å². The molecule has 1 aromatic rings. The molecule has 1 rings (SSSR count). The van der Waals surface area contributed by atoms with Crippen molar-refractivity contribution in [3.8, 4) is 0 Å². The summed E-state index contributed by atoms with van der Waals surface area (Å²) in [6.07, 6.45) is 2.12. The van der Waals surface area contributed by atoms with Gasteiger partial charge in [0.05, 0.1) is 12.2 Å². The zero-order valence-corrected chi connectivity index (χ0v) is 7.47. The van der Waals surface area contributed by atoms with Gasteiger partial charge in [0, 0.05) is 0 Å². The van der Waals surface area contributed by atoms with Crippen molar-refractivity contribution in [3.05, 3.63) is 16.1 Å². The number of rotatable bonds is 3. The molecule has 0 aliphatic rings. The highest BCUT2D eigenvalue weighted by molar-refractivity contribution is 7.13. The minimum absolute atomic E-state index is 0.136. The third-order valence-corrected chi connectivity index (χ3v) is 2.61. The summed E-state index contributed by atoms with van der Waals surface area (Å²) in [5, 5.41) is 9.27. The van der Waals surface area contributed by atoms with Gasteiger partial charge in [-0.25, -0.2) is 9.78 Å². The van der Waals surface area contributed by atoms with E-state index in [1.54, 1.807) is 0 Å². The van der Waals surface area contributed by atoms with Crippen LogP contribution in [0.25, 0.3) is 0 Å². The minimum atomic E-state index is -0.943. The van der Waals surface area contributed by atoms with Gasteiger partial charge in [-0.2, -0.15) is 0 Å². The number of nitrogens with two attached hydrogens (primary N) is 1. The van der Waals surface area contributed by atoms with E-state index in [9.17, 15) is 4.79 Å². The molecule has 0 bridgehead atoms. The van der Waals surface area contributed by atoms with Gasteiger partial charge in [-0.3, -0.25) is 0 Å². The van der Waals surface area contributed by atoms with Gasteiger partial charge in [-0.15, -0.1) is 11.3 Å². The fraction of sp³-hybridized carbons (Fsp3) is 0.429. The number of carboxylic acid groups (broad SMARTS) is 1. The van der Waals surface area contributed by atoms with Crippen LogP contribution in [-0.2, 0) is 0 Å². The van der Waals surface area contributed by atoms with E-state index in [0.717, 1.165) is 17.8 Å². The second kappa shape index (κ2) is 3.64. The van der Waals surface area contributed by atoms with Crippen LogP contribution in [0.2, 0.25) is 0 Å². The second-order valence-electron chi connectivity index (χ2n) is 2.38. The molecule has 0 aromatic carbocycles. The van der Waals surface area contributed by atoms with Gasteiger partial charge in [-0.05, 0) is 6.42 Å². The number of aromatic nitrogens is 1. The summed E-state index contributed by atoms with van der Waals surface area (Å²) < 4.78 is 0. The molecule has 1 atom stereocenters. The Hall–Kier alpha value is -0.940. The Morgan fingerprint density at radius 3 is 3.00 bits per heavy atom. The smallest absolute Gasteiger partial charge is 0.347 e. The highest BCUT2D eigenvalue weighted by Crippen LogP contribution is 2.20. The van der Waals surface area contributed by atoms with Crippen molar-refractivity contribution >= 4 is 17.3 Å². The van der Waals surface area contributed by atoms with Crippen LogP contribution in [-0.4, -0.2) is 16.1 Å². The molecule has 0 aliphatic carbocycles. The van der Waals surface area contributed by atoms with Crippen molar-refractivity contribution in [2.75, 3.05) is 0 Å². The lowest BCUT2D eigenvalue weighted by Crippen LogP contribution is -2.07. The van der Waals surface area contributed by atoms with Gasteiger partial charge in [0.1, 0.15) is 9.88 Å². The molecule has 0 fully saturated rings. The lowest BCUT2D eigenvalue weighted by molar-refractivity contribution is 0.0702. The molecule has 1 heterocycles. The Morgan fingerprint density at radius 1 is 1.92 bits per heavy atom. The Kier molecular flexibility index (Phi) is 2.78. The summed E-state index contributed by atoms with van der Waals surface area (Å²) in [7, 11) is 0. The molecular formula is C7H10N2O2S. The summed E-state index contributed by atoms with van der Waals surface area (Å²) in [5.41, 5.74) is 5.66. The molecule has 0 saturated heterocycles. The first-order chi connectivity index (χ1) is 5.65. The van der Waals surface area contributed by atoms with E-state index >= 15 is 0 Å². The van der Waals surface area contributed by atoms with Crippen molar-refractivity contribution in [1.29, 1.82) is 0 Å². The number of thiazole rings is 1. The Bertz CT molecular complexity index is 285. The maximum atomic E-state index is 10.5. The van der Waals surface area contributed by atoms with E-state index in [1.807, 2.05) is 6.92 Å². The Morgan fingerprint density at radius 2 is 2.58 bits per heavy atom. The van der Waals surface area contributed by atoms with Crippen molar-refractivity contribution in [1.82, 2.24) is 4.98 Å². The molecule has 1 unspecified atom stereocenters. The minimum Gasteiger partial charge on any atom is -0.477 e.